The molecule has 0 bridgehead atoms. The topological polar surface area (TPSA) is 66.4 Å². The molecule has 1 aliphatic carbocycles. The van der Waals surface area contributed by atoms with Crippen LogP contribution in [0.4, 0.5) is 13.2 Å². The van der Waals surface area contributed by atoms with Crippen molar-refractivity contribution in [3.05, 3.63) is 24.3 Å². The van der Waals surface area contributed by atoms with E-state index in [1.54, 1.807) is 4.72 Å². The van der Waals surface area contributed by atoms with E-state index in [0.717, 1.165) is 24.3 Å². The third-order valence-corrected chi connectivity index (χ3v) is 4.32. The minimum atomic E-state index is -4.60. The molecule has 2 N–H and O–H groups in total. The lowest BCUT2D eigenvalue weighted by Gasteiger charge is -2.20. The van der Waals surface area contributed by atoms with Gasteiger partial charge in [-0.3, -0.25) is 0 Å². The molecule has 1 saturated carbocycles. The minimum Gasteiger partial charge on any atom is -0.508 e. The molecule has 2 rings (SSSR count). The Balaban J connectivity index is 2.26. The van der Waals surface area contributed by atoms with Gasteiger partial charge in [-0.05, 0) is 37.1 Å². The van der Waals surface area contributed by atoms with Crippen LogP contribution >= 0.6 is 0 Å². The number of aromatic hydroxyl groups is 1. The standard InChI is InChI=1S/C10H10F3NO3S/c11-10(12,13)9(5-6-9)14-18(16,17)8-3-1-7(15)2-4-8/h1-4,14-15H,5-6H2. The van der Waals surface area contributed by atoms with E-state index in [-0.39, 0.29) is 23.5 Å². The highest BCUT2D eigenvalue weighted by atomic mass is 32.2. The van der Waals surface area contributed by atoms with E-state index < -0.39 is 21.7 Å². The van der Waals surface area contributed by atoms with Crippen LogP contribution in [0, 0.1) is 0 Å². The number of rotatable bonds is 3. The number of alkyl halides is 3. The molecule has 1 fully saturated rings. The molecule has 0 heterocycles. The summed E-state index contributed by atoms with van der Waals surface area (Å²) in [5, 5.41) is 9.00. The zero-order valence-corrected chi connectivity index (χ0v) is 9.85. The van der Waals surface area contributed by atoms with Crippen LogP contribution in [0.5, 0.6) is 5.75 Å². The lowest BCUT2D eigenvalue weighted by Crippen LogP contribution is -2.47. The molecule has 0 unspecified atom stereocenters. The predicted octanol–water partition coefficient (Wildman–Crippen LogP) is 1.77. The second-order valence-corrected chi connectivity index (χ2v) is 5.86. The minimum absolute atomic E-state index is 0.161. The Hall–Kier alpha value is -1.28. The van der Waals surface area contributed by atoms with Crippen LogP contribution < -0.4 is 4.72 Å². The van der Waals surface area contributed by atoms with E-state index in [2.05, 4.69) is 0 Å². The van der Waals surface area contributed by atoms with E-state index in [9.17, 15) is 21.6 Å². The Bertz CT molecular complexity index is 547. The molecule has 0 spiro atoms. The average Bonchev–Trinajstić information content (AvgIpc) is 2.97. The van der Waals surface area contributed by atoms with Crippen molar-refractivity contribution >= 4 is 10.0 Å². The predicted molar refractivity (Wildman–Crippen MR) is 56.4 cm³/mol. The highest BCUT2D eigenvalue weighted by Gasteiger charge is 2.65. The number of sulfonamides is 1. The van der Waals surface area contributed by atoms with Crippen LogP contribution in [-0.2, 0) is 10.0 Å². The second kappa shape index (κ2) is 3.86. The van der Waals surface area contributed by atoms with E-state index in [4.69, 9.17) is 5.11 Å². The van der Waals surface area contributed by atoms with Gasteiger partial charge >= 0.3 is 6.18 Å². The van der Waals surface area contributed by atoms with Crippen molar-refractivity contribution in [2.75, 3.05) is 0 Å². The van der Waals surface area contributed by atoms with Gasteiger partial charge in [0.2, 0.25) is 10.0 Å². The summed E-state index contributed by atoms with van der Waals surface area (Å²) in [6.45, 7) is 0. The number of benzene rings is 1. The Morgan fingerprint density at radius 3 is 2.06 bits per heavy atom. The van der Waals surface area contributed by atoms with Crippen molar-refractivity contribution in [3.63, 3.8) is 0 Å². The van der Waals surface area contributed by atoms with Crippen LogP contribution in [0.3, 0.4) is 0 Å². The molecule has 18 heavy (non-hydrogen) atoms. The second-order valence-electron chi connectivity index (χ2n) is 4.18. The van der Waals surface area contributed by atoms with Gasteiger partial charge in [-0.1, -0.05) is 0 Å². The van der Waals surface area contributed by atoms with Gasteiger partial charge in [0.1, 0.15) is 11.3 Å². The molecule has 4 nitrogen and oxygen atoms in total. The summed E-state index contributed by atoms with van der Waals surface area (Å²) in [5.74, 6) is -0.161. The lowest BCUT2D eigenvalue weighted by molar-refractivity contribution is -0.160. The van der Waals surface area contributed by atoms with Crippen molar-refractivity contribution in [2.45, 2.75) is 29.5 Å². The normalized spacial score (nSPS) is 18.6. The summed E-state index contributed by atoms with van der Waals surface area (Å²) in [4.78, 5) is -0.309. The Labute approximate surface area is 101 Å². The van der Waals surface area contributed by atoms with Gasteiger partial charge in [0.15, 0.2) is 0 Å². The smallest absolute Gasteiger partial charge is 0.407 e. The van der Waals surface area contributed by atoms with E-state index >= 15 is 0 Å². The van der Waals surface area contributed by atoms with Crippen molar-refractivity contribution in [3.8, 4) is 5.75 Å². The zero-order chi connectivity index (χ0) is 13.6. The Morgan fingerprint density at radius 2 is 1.67 bits per heavy atom. The van der Waals surface area contributed by atoms with Gasteiger partial charge < -0.3 is 5.11 Å². The van der Waals surface area contributed by atoms with Gasteiger partial charge in [-0.15, -0.1) is 0 Å². The molecule has 100 valence electrons. The average molecular weight is 281 g/mol. The fourth-order valence-corrected chi connectivity index (χ4v) is 2.96. The molecule has 8 heteroatoms. The van der Waals surface area contributed by atoms with E-state index in [1.165, 1.54) is 0 Å². The fraction of sp³-hybridized carbons (Fsp3) is 0.400. The molecule has 0 radical (unpaired) electrons. The number of phenols is 1. The summed E-state index contributed by atoms with van der Waals surface area (Å²) in [7, 11) is -4.24. The molecule has 0 saturated heterocycles. The number of hydrogen-bond acceptors (Lipinski definition) is 3. The Kier molecular flexibility index (Phi) is 2.82. The highest BCUT2D eigenvalue weighted by Crippen LogP contribution is 2.49. The first kappa shape index (κ1) is 13.2. The molecule has 0 aromatic heterocycles. The number of phenolic OH excluding ortho intramolecular Hbond substituents is 1. The van der Waals surface area contributed by atoms with Gasteiger partial charge in [0, 0.05) is 0 Å². The third kappa shape index (κ3) is 2.30. The van der Waals surface area contributed by atoms with Gasteiger partial charge in [0.25, 0.3) is 0 Å². The van der Waals surface area contributed by atoms with Crippen molar-refractivity contribution in [1.82, 2.24) is 4.72 Å². The first-order valence-electron chi connectivity index (χ1n) is 5.06. The summed E-state index contributed by atoms with van der Waals surface area (Å²) < 4.78 is 63.1. The molecule has 1 aromatic carbocycles. The van der Waals surface area contributed by atoms with E-state index in [0.29, 0.717) is 0 Å². The van der Waals surface area contributed by atoms with Gasteiger partial charge in [-0.2, -0.15) is 17.9 Å². The molecular formula is C10H10F3NO3S. The van der Waals surface area contributed by atoms with Crippen LogP contribution in [0.2, 0.25) is 0 Å². The van der Waals surface area contributed by atoms with Crippen molar-refractivity contribution < 1.29 is 26.7 Å². The third-order valence-electron chi connectivity index (χ3n) is 2.77. The monoisotopic (exact) mass is 281 g/mol. The van der Waals surface area contributed by atoms with Crippen LogP contribution in [0.1, 0.15) is 12.8 Å². The SMILES string of the molecule is O=S(=O)(NC1(C(F)(F)F)CC1)c1ccc(O)cc1. The van der Waals surface area contributed by atoms with Crippen LogP contribution in [0.25, 0.3) is 0 Å². The largest absolute Gasteiger partial charge is 0.508 e. The molecule has 1 aromatic rings. The highest BCUT2D eigenvalue weighted by molar-refractivity contribution is 7.89. The first-order chi connectivity index (χ1) is 8.16. The summed E-state index contributed by atoms with van der Waals surface area (Å²) in [6, 6.07) is 4.29. The number of nitrogens with one attached hydrogen (secondary N) is 1. The quantitative estimate of drug-likeness (QED) is 0.887. The molecule has 0 amide bonds. The summed E-state index contributed by atoms with van der Waals surface area (Å²) in [6.07, 6.45) is -5.11. The number of hydrogen-bond donors (Lipinski definition) is 2. The molecular weight excluding hydrogens is 271 g/mol. The summed E-state index contributed by atoms with van der Waals surface area (Å²) in [5.41, 5.74) is -2.33. The first-order valence-corrected chi connectivity index (χ1v) is 6.54. The molecule has 0 atom stereocenters. The van der Waals surface area contributed by atoms with Gasteiger partial charge in [-0.25, -0.2) is 8.42 Å². The molecule has 0 aliphatic heterocycles. The number of halogens is 3. The van der Waals surface area contributed by atoms with Crippen molar-refractivity contribution in [1.29, 1.82) is 0 Å². The van der Waals surface area contributed by atoms with Gasteiger partial charge in [0.05, 0.1) is 4.90 Å². The maximum atomic E-state index is 12.6. The zero-order valence-electron chi connectivity index (χ0n) is 9.03. The van der Waals surface area contributed by atoms with Crippen molar-refractivity contribution in [2.24, 2.45) is 0 Å². The maximum absolute atomic E-state index is 12.6. The molecule has 1 aliphatic rings. The Morgan fingerprint density at radius 1 is 1.17 bits per heavy atom. The summed E-state index contributed by atoms with van der Waals surface area (Å²) >= 11 is 0. The maximum Gasteiger partial charge on any atom is 0.407 e. The fourth-order valence-electron chi connectivity index (χ4n) is 1.51. The van der Waals surface area contributed by atoms with E-state index in [1.807, 2.05) is 0 Å². The van der Waals surface area contributed by atoms with Crippen LogP contribution in [-0.4, -0.2) is 25.2 Å². The lowest BCUT2D eigenvalue weighted by atomic mass is 10.3. The van der Waals surface area contributed by atoms with Crippen LogP contribution in [0.15, 0.2) is 29.2 Å².